The first-order valence-corrected chi connectivity index (χ1v) is 8.50. The number of aryl methyl sites for hydroxylation is 1. The van der Waals surface area contributed by atoms with Crippen molar-refractivity contribution in [3.63, 3.8) is 0 Å². The van der Waals surface area contributed by atoms with Gasteiger partial charge in [-0.15, -0.1) is 0 Å². The minimum Gasteiger partial charge on any atom is -0.476 e. The van der Waals surface area contributed by atoms with E-state index in [9.17, 15) is 4.79 Å². The van der Waals surface area contributed by atoms with Crippen LogP contribution >= 0.6 is 15.9 Å². The molecule has 0 aliphatic carbocycles. The van der Waals surface area contributed by atoms with Crippen LogP contribution in [-0.4, -0.2) is 45.9 Å². The monoisotopic (exact) mass is 377 g/mol. The highest BCUT2D eigenvalue weighted by Crippen LogP contribution is 2.35. The van der Waals surface area contributed by atoms with Gasteiger partial charge in [-0.25, -0.2) is 4.79 Å². The fourth-order valence-corrected chi connectivity index (χ4v) is 3.88. The van der Waals surface area contributed by atoms with Crippen LogP contribution < -0.4 is 0 Å². The summed E-state index contributed by atoms with van der Waals surface area (Å²) in [6.45, 7) is 2.26. The average Bonchev–Trinajstić information content (AvgIpc) is 2.90. The molecule has 1 aromatic heterocycles. The molecule has 1 aliphatic rings. The molecule has 2 aromatic rings. The fourth-order valence-electron chi connectivity index (χ4n) is 3.18. The zero-order chi connectivity index (χ0) is 16.6. The van der Waals surface area contributed by atoms with Crippen molar-refractivity contribution in [1.82, 2.24) is 14.7 Å². The maximum Gasteiger partial charge on any atom is 0.356 e. The van der Waals surface area contributed by atoms with Crippen LogP contribution in [0, 0.1) is 0 Å². The molecule has 0 radical (unpaired) electrons. The van der Waals surface area contributed by atoms with Gasteiger partial charge in [-0.1, -0.05) is 28.1 Å². The molecule has 0 atom stereocenters. The van der Waals surface area contributed by atoms with Crippen LogP contribution in [0.15, 0.2) is 28.7 Å². The van der Waals surface area contributed by atoms with E-state index in [2.05, 4.69) is 51.2 Å². The first kappa shape index (κ1) is 16.2. The molecule has 3 rings (SSSR count). The van der Waals surface area contributed by atoms with Crippen LogP contribution in [-0.2, 0) is 7.05 Å². The molecule has 0 amide bonds. The highest BCUT2D eigenvalue weighted by atomic mass is 79.9. The summed E-state index contributed by atoms with van der Waals surface area (Å²) in [6.07, 6.45) is 2.34. The van der Waals surface area contributed by atoms with Crippen molar-refractivity contribution in [2.75, 3.05) is 20.1 Å². The predicted molar refractivity (Wildman–Crippen MR) is 92.8 cm³/mol. The van der Waals surface area contributed by atoms with Crippen LogP contribution in [0.25, 0.3) is 11.3 Å². The van der Waals surface area contributed by atoms with Gasteiger partial charge in [0.05, 0.1) is 5.69 Å². The summed E-state index contributed by atoms with van der Waals surface area (Å²) in [5.41, 5.74) is 3.18. The second-order valence-corrected chi connectivity index (χ2v) is 7.01. The SMILES string of the molecule is CN1CCC(c2ccc(-c3cc(C(=O)O)nn3C)cc2Br)CC1. The van der Waals surface area contributed by atoms with E-state index in [0.29, 0.717) is 5.92 Å². The summed E-state index contributed by atoms with van der Waals surface area (Å²) < 4.78 is 2.70. The number of carboxylic acid groups (broad SMARTS) is 1. The van der Waals surface area contributed by atoms with E-state index >= 15 is 0 Å². The Morgan fingerprint density at radius 2 is 1.96 bits per heavy atom. The Balaban J connectivity index is 1.89. The van der Waals surface area contributed by atoms with Crippen molar-refractivity contribution < 1.29 is 9.90 Å². The molecule has 0 unspecified atom stereocenters. The third-order valence-electron chi connectivity index (χ3n) is 4.55. The molecule has 122 valence electrons. The number of nitrogens with zero attached hydrogens (tertiary/aromatic N) is 3. The normalized spacial score (nSPS) is 16.7. The lowest BCUT2D eigenvalue weighted by Gasteiger charge is -2.29. The summed E-state index contributed by atoms with van der Waals surface area (Å²) >= 11 is 3.70. The molecule has 0 spiro atoms. The lowest BCUT2D eigenvalue weighted by Crippen LogP contribution is -2.29. The van der Waals surface area contributed by atoms with Gasteiger partial charge in [0, 0.05) is 17.1 Å². The van der Waals surface area contributed by atoms with Gasteiger partial charge in [0.15, 0.2) is 5.69 Å². The Bertz CT molecular complexity index is 733. The van der Waals surface area contributed by atoms with Gasteiger partial charge in [-0.3, -0.25) is 4.68 Å². The fraction of sp³-hybridized carbons (Fsp3) is 0.412. The van der Waals surface area contributed by atoms with Crippen molar-refractivity contribution >= 4 is 21.9 Å². The zero-order valence-electron chi connectivity index (χ0n) is 13.3. The van der Waals surface area contributed by atoms with E-state index in [1.54, 1.807) is 17.8 Å². The van der Waals surface area contributed by atoms with Gasteiger partial charge in [-0.05, 0) is 56.6 Å². The number of carboxylic acids is 1. The second kappa shape index (κ2) is 6.45. The van der Waals surface area contributed by atoms with Crippen LogP contribution in [0.4, 0.5) is 0 Å². The standard InChI is InChI=1S/C17H20BrN3O2/c1-20-7-5-11(6-8-20)13-4-3-12(9-14(13)18)16-10-15(17(22)23)19-21(16)2/h3-4,9-11H,5-8H2,1-2H3,(H,22,23). The van der Waals surface area contributed by atoms with Gasteiger partial charge in [0.25, 0.3) is 0 Å². The van der Waals surface area contributed by atoms with E-state index in [0.717, 1.165) is 28.8 Å². The first-order chi connectivity index (χ1) is 11.0. The highest BCUT2D eigenvalue weighted by molar-refractivity contribution is 9.10. The smallest absolute Gasteiger partial charge is 0.356 e. The van der Waals surface area contributed by atoms with Gasteiger partial charge in [0.2, 0.25) is 0 Å². The predicted octanol–water partition coefficient (Wildman–Crippen LogP) is 3.36. The van der Waals surface area contributed by atoms with Gasteiger partial charge in [-0.2, -0.15) is 5.10 Å². The number of hydrogen-bond acceptors (Lipinski definition) is 3. The Morgan fingerprint density at radius 1 is 1.26 bits per heavy atom. The molecule has 1 aromatic carbocycles. The number of likely N-dealkylation sites (tertiary alicyclic amines) is 1. The van der Waals surface area contributed by atoms with Crippen LogP contribution in [0.2, 0.25) is 0 Å². The van der Waals surface area contributed by atoms with E-state index < -0.39 is 5.97 Å². The van der Waals surface area contributed by atoms with Crippen LogP contribution in [0.1, 0.15) is 34.8 Å². The van der Waals surface area contributed by atoms with E-state index in [1.165, 1.54) is 18.4 Å². The summed E-state index contributed by atoms with van der Waals surface area (Å²) in [5.74, 6) is -0.426. The summed E-state index contributed by atoms with van der Waals surface area (Å²) in [6, 6.07) is 7.89. The minimum absolute atomic E-state index is 0.0676. The first-order valence-electron chi connectivity index (χ1n) is 7.71. The van der Waals surface area contributed by atoms with E-state index in [4.69, 9.17) is 5.11 Å². The Labute approximate surface area is 144 Å². The highest BCUT2D eigenvalue weighted by Gasteiger charge is 2.21. The van der Waals surface area contributed by atoms with Crippen molar-refractivity contribution in [3.05, 3.63) is 40.0 Å². The van der Waals surface area contributed by atoms with Crippen molar-refractivity contribution in [1.29, 1.82) is 0 Å². The molecule has 0 bridgehead atoms. The van der Waals surface area contributed by atoms with Crippen LogP contribution in [0.3, 0.4) is 0 Å². The largest absolute Gasteiger partial charge is 0.476 e. The Hall–Kier alpha value is -1.66. The third-order valence-corrected chi connectivity index (χ3v) is 5.24. The average molecular weight is 378 g/mol. The maximum absolute atomic E-state index is 11.1. The van der Waals surface area contributed by atoms with Crippen molar-refractivity contribution in [3.8, 4) is 11.3 Å². The number of hydrogen-bond donors (Lipinski definition) is 1. The quantitative estimate of drug-likeness (QED) is 0.890. The summed E-state index contributed by atoms with van der Waals surface area (Å²) in [4.78, 5) is 13.4. The van der Waals surface area contributed by atoms with Crippen molar-refractivity contribution in [2.24, 2.45) is 7.05 Å². The third kappa shape index (κ3) is 3.33. The maximum atomic E-state index is 11.1. The van der Waals surface area contributed by atoms with E-state index in [1.807, 2.05) is 0 Å². The molecular formula is C17H20BrN3O2. The molecule has 23 heavy (non-hydrogen) atoms. The molecule has 1 aliphatic heterocycles. The Morgan fingerprint density at radius 3 is 2.52 bits per heavy atom. The number of piperidine rings is 1. The molecule has 5 nitrogen and oxygen atoms in total. The molecule has 1 saturated heterocycles. The molecule has 1 fully saturated rings. The number of aromatic carboxylic acids is 1. The lowest BCUT2D eigenvalue weighted by molar-refractivity contribution is 0.0689. The summed E-state index contributed by atoms with van der Waals surface area (Å²) in [5, 5.41) is 13.1. The van der Waals surface area contributed by atoms with Crippen LogP contribution in [0.5, 0.6) is 0 Å². The number of aromatic nitrogens is 2. The number of benzene rings is 1. The van der Waals surface area contributed by atoms with Crippen molar-refractivity contribution in [2.45, 2.75) is 18.8 Å². The molecule has 2 heterocycles. The number of rotatable bonds is 3. The second-order valence-electron chi connectivity index (χ2n) is 6.16. The summed E-state index contributed by atoms with van der Waals surface area (Å²) in [7, 11) is 3.93. The Kier molecular flexibility index (Phi) is 4.55. The number of carbonyl (C=O) groups is 1. The molecular weight excluding hydrogens is 358 g/mol. The lowest BCUT2D eigenvalue weighted by atomic mass is 9.89. The van der Waals surface area contributed by atoms with Gasteiger partial charge >= 0.3 is 5.97 Å². The molecule has 1 N–H and O–H groups in total. The topological polar surface area (TPSA) is 58.4 Å². The minimum atomic E-state index is -1.01. The molecule has 0 saturated carbocycles. The zero-order valence-corrected chi connectivity index (χ0v) is 14.9. The van der Waals surface area contributed by atoms with Gasteiger partial charge < -0.3 is 10.0 Å². The van der Waals surface area contributed by atoms with Gasteiger partial charge in [0.1, 0.15) is 0 Å². The number of halogens is 1. The van der Waals surface area contributed by atoms with E-state index in [-0.39, 0.29) is 5.69 Å². The molecule has 6 heteroatoms.